The van der Waals surface area contributed by atoms with Crippen LogP contribution in [0.15, 0.2) is 41.2 Å². The second-order valence-corrected chi connectivity index (χ2v) is 6.03. The summed E-state index contributed by atoms with van der Waals surface area (Å²) in [5.74, 6) is 1.45. The monoisotopic (exact) mass is 368 g/mol. The number of pyridine rings is 2. The van der Waals surface area contributed by atoms with Crippen LogP contribution >= 0.6 is 0 Å². The first-order valence-electron chi connectivity index (χ1n) is 8.25. The summed E-state index contributed by atoms with van der Waals surface area (Å²) in [6, 6.07) is 7.06. The van der Waals surface area contributed by atoms with Crippen LogP contribution in [0.2, 0.25) is 0 Å². The molecule has 0 amide bonds. The van der Waals surface area contributed by atoms with Crippen molar-refractivity contribution in [1.29, 1.82) is 0 Å². The Morgan fingerprint density at radius 2 is 1.96 bits per heavy atom. The van der Waals surface area contributed by atoms with Crippen LogP contribution in [-0.4, -0.2) is 42.3 Å². The summed E-state index contributed by atoms with van der Waals surface area (Å²) in [6.45, 7) is 2.05. The van der Waals surface area contributed by atoms with Gasteiger partial charge < -0.3 is 18.9 Å². The number of esters is 1. The molecule has 0 radical (unpaired) electrons. The number of carbonyl (C=O) groups excluding carboxylic acids is 1. The zero-order chi connectivity index (χ0) is 19.4. The van der Waals surface area contributed by atoms with Gasteiger partial charge in [0, 0.05) is 38.1 Å². The number of carbonyl (C=O) groups is 1. The zero-order valence-electron chi connectivity index (χ0n) is 15.6. The van der Waals surface area contributed by atoms with E-state index in [1.54, 1.807) is 18.3 Å². The van der Waals surface area contributed by atoms with Crippen molar-refractivity contribution in [1.82, 2.24) is 15.1 Å². The van der Waals surface area contributed by atoms with Gasteiger partial charge in [-0.3, -0.25) is 0 Å². The van der Waals surface area contributed by atoms with E-state index in [0.29, 0.717) is 22.9 Å². The van der Waals surface area contributed by atoms with Gasteiger partial charge in [0.25, 0.3) is 0 Å². The topological polar surface area (TPSA) is 90.6 Å². The van der Waals surface area contributed by atoms with Gasteiger partial charge in [-0.2, -0.15) is 0 Å². The molecular formula is C19H20N4O4. The molecule has 0 spiro atoms. The molecule has 3 heterocycles. The zero-order valence-corrected chi connectivity index (χ0v) is 15.6. The van der Waals surface area contributed by atoms with Crippen LogP contribution in [0, 0.1) is 6.92 Å². The van der Waals surface area contributed by atoms with Gasteiger partial charge in [0.15, 0.2) is 0 Å². The number of aryl methyl sites for hydroxylation is 1. The molecule has 0 aliphatic heterocycles. The molecule has 3 rings (SSSR count). The Bertz CT molecular complexity index is 918. The summed E-state index contributed by atoms with van der Waals surface area (Å²) < 4.78 is 15.7. The van der Waals surface area contributed by atoms with E-state index < -0.39 is 5.97 Å². The van der Waals surface area contributed by atoms with Crippen LogP contribution < -0.4 is 9.64 Å². The SMILES string of the molecule is COC(=O)c1ccc(OCc2c(-c3ccc(N(C)C)nc3)noc2C)nc1. The summed E-state index contributed by atoms with van der Waals surface area (Å²) in [6.07, 6.45) is 3.16. The highest BCUT2D eigenvalue weighted by Crippen LogP contribution is 2.26. The van der Waals surface area contributed by atoms with E-state index >= 15 is 0 Å². The van der Waals surface area contributed by atoms with Crippen molar-refractivity contribution < 1.29 is 18.8 Å². The van der Waals surface area contributed by atoms with Gasteiger partial charge in [0.2, 0.25) is 5.88 Å². The van der Waals surface area contributed by atoms with E-state index in [9.17, 15) is 4.79 Å². The molecule has 0 aliphatic rings. The number of anilines is 1. The van der Waals surface area contributed by atoms with Crippen molar-refractivity contribution in [2.24, 2.45) is 0 Å². The lowest BCUT2D eigenvalue weighted by atomic mass is 10.1. The van der Waals surface area contributed by atoms with Crippen molar-refractivity contribution in [2.75, 3.05) is 26.1 Å². The van der Waals surface area contributed by atoms with Crippen molar-refractivity contribution in [2.45, 2.75) is 13.5 Å². The number of methoxy groups -OCH3 is 1. The van der Waals surface area contributed by atoms with Gasteiger partial charge in [0.1, 0.15) is 23.9 Å². The van der Waals surface area contributed by atoms with Crippen LogP contribution in [0.5, 0.6) is 5.88 Å². The summed E-state index contributed by atoms with van der Waals surface area (Å²) >= 11 is 0. The van der Waals surface area contributed by atoms with Gasteiger partial charge in [-0.1, -0.05) is 5.16 Å². The maximum atomic E-state index is 11.4. The number of ether oxygens (including phenoxy) is 2. The second kappa shape index (κ2) is 7.86. The molecule has 0 fully saturated rings. The first-order chi connectivity index (χ1) is 13.0. The molecule has 0 N–H and O–H groups in total. The standard InChI is InChI=1S/C19H20N4O4/c1-12-15(11-26-17-8-6-14(10-21-17)19(24)25-4)18(22-27-12)13-5-7-16(20-9-13)23(2)3/h5-10H,11H2,1-4H3. The molecule has 0 atom stereocenters. The highest BCUT2D eigenvalue weighted by Gasteiger charge is 2.16. The summed E-state index contributed by atoms with van der Waals surface area (Å²) in [7, 11) is 5.18. The van der Waals surface area contributed by atoms with Crippen LogP contribution in [0.1, 0.15) is 21.7 Å². The number of hydrogen-bond acceptors (Lipinski definition) is 8. The fraction of sp³-hybridized carbons (Fsp3) is 0.263. The van der Waals surface area contributed by atoms with Crippen LogP contribution in [0.25, 0.3) is 11.3 Å². The number of nitrogens with zero attached hydrogens (tertiary/aromatic N) is 4. The van der Waals surface area contributed by atoms with E-state index in [1.165, 1.54) is 13.3 Å². The third-order valence-corrected chi connectivity index (χ3v) is 3.99. The quantitative estimate of drug-likeness (QED) is 0.614. The minimum atomic E-state index is -0.445. The van der Waals surface area contributed by atoms with E-state index in [2.05, 4.69) is 19.9 Å². The minimum absolute atomic E-state index is 0.227. The van der Waals surface area contributed by atoms with E-state index in [4.69, 9.17) is 9.26 Å². The molecule has 8 heteroatoms. The van der Waals surface area contributed by atoms with E-state index in [-0.39, 0.29) is 6.61 Å². The minimum Gasteiger partial charge on any atom is -0.473 e. The van der Waals surface area contributed by atoms with E-state index in [0.717, 1.165) is 16.9 Å². The van der Waals surface area contributed by atoms with Crippen molar-refractivity contribution >= 4 is 11.8 Å². The number of rotatable bonds is 6. The molecule has 27 heavy (non-hydrogen) atoms. The molecule has 0 unspecified atom stereocenters. The van der Waals surface area contributed by atoms with E-state index in [1.807, 2.05) is 38.1 Å². The molecule has 3 aromatic heterocycles. The highest BCUT2D eigenvalue weighted by atomic mass is 16.5. The lowest BCUT2D eigenvalue weighted by Gasteiger charge is -2.11. The van der Waals surface area contributed by atoms with Gasteiger partial charge in [-0.15, -0.1) is 0 Å². The van der Waals surface area contributed by atoms with Crippen molar-refractivity contribution in [3.63, 3.8) is 0 Å². The lowest BCUT2D eigenvalue weighted by Crippen LogP contribution is -2.10. The Hall–Kier alpha value is -3.42. The predicted octanol–water partition coefficient (Wildman–Crippen LogP) is 2.87. The fourth-order valence-electron chi connectivity index (χ4n) is 2.43. The summed E-state index contributed by atoms with van der Waals surface area (Å²) in [5, 5.41) is 4.13. The van der Waals surface area contributed by atoms with Crippen molar-refractivity contribution in [3.05, 3.63) is 53.5 Å². The summed E-state index contributed by atoms with van der Waals surface area (Å²) in [4.78, 5) is 21.9. The Kier molecular flexibility index (Phi) is 5.35. The van der Waals surface area contributed by atoms with Gasteiger partial charge >= 0.3 is 5.97 Å². The van der Waals surface area contributed by atoms with Crippen LogP contribution in [0.4, 0.5) is 5.82 Å². The molecule has 0 aromatic carbocycles. The molecular weight excluding hydrogens is 348 g/mol. The van der Waals surface area contributed by atoms with Crippen molar-refractivity contribution in [3.8, 4) is 17.1 Å². The molecule has 140 valence electrons. The van der Waals surface area contributed by atoms with Gasteiger partial charge in [-0.25, -0.2) is 14.8 Å². The number of aromatic nitrogens is 3. The normalized spacial score (nSPS) is 10.5. The third-order valence-electron chi connectivity index (χ3n) is 3.99. The molecule has 0 saturated heterocycles. The molecule has 8 nitrogen and oxygen atoms in total. The molecule has 0 aliphatic carbocycles. The predicted molar refractivity (Wildman–Crippen MR) is 98.7 cm³/mol. The Morgan fingerprint density at radius 1 is 1.15 bits per heavy atom. The first kappa shape index (κ1) is 18.4. The van der Waals surface area contributed by atoms with Crippen LogP contribution in [0.3, 0.4) is 0 Å². The molecule has 3 aromatic rings. The van der Waals surface area contributed by atoms with Crippen LogP contribution in [-0.2, 0) is 11.3 Å². The lowest BCUT2D eigenvalue weighted by molar-refractivity contribution is 0.0600. The fourth-order valence-corrected chi connectivity index (χ4v) is 2.43. The molecule has 0 saturated carbocycles. The maximum absolute atomic E-state index is 11.4. The Labute approximate surface area is 156 Å². The smallest absolute Gasteiger partial charge is 0.339 e. The Morgan fingerprint density at radius 3 is 2.56 bits per heavy atom. The third kappa shape index (κ3) is 4.05. The largest absolute Gasteiger partial charge is 0.473 e. The highest BCUT2D eigenvalue weighted by molar-refractivity contribution is 5.88. The maximum Gasteiger partial charge on any atom is 0.339 e. The second-order valence-electron chi connectivity index (χ2n) is 6.03. The average molecular weight is 368 g/mol. The number of hydrogen-bond donors (Lipinski definition) is 0. The molecule has 0 bridgehead atoms. The average Bonchev–Trinajstić information content (AvgIpc) is 3.06. The van der Waals surface area contributed by atoms with Gasteiger partial charge in [-0.05, 0) is 25.1 Å². The summed E-state index contributed by atoms with van der Waals surface area (Å²) in [5.41, 5.74) is 2.69. The first-order valence-corrected chi connectivity index (χ1v) is 8.25. The van der Waals surface area contributed by atoms with Gasteiger partial charge in [0.05, 0.1) is 18.2 Å². The Balaban J connectivity index is 1.76.